The van der Waals surface area contributed by atoms with Crippen molar-refractivity contribution in [3.63, 3.8) is 0 Å². The first-order valence-corrected chi connectivity index (χ1v) is 9.06. The van der Waals surface area contributed by atoms with Crippen molar-refractivity contribution in [1.29, 1.82) is 0 Å². The minimum atomic E-state index is -3.55. The van der Waals surface area contributed by atoms with Crippen LogP contribution in [0.1, 0.15) is 19.4 Å². The highest BCUT2D eigenvalue weighted by Crippen LogP contribution is 2.31. The number of hydrogen-bond donors (Lipinski definition) is 1. The quantitative estimate of drug-likeness (QED) is 0.872. The molecule has 1 aliphatic heterocycles. The summed E-state index contributed by atoms with van der Waals surface area (Å²) in [5.41, 5.74) is 0.491. The van der Waals surface area contributed by atoms with E-state index in [1.807, 2.05) is 33.0 Å². The summed E-state index contributed by atoms with van der Waals surface area (Å²) in [7, 11) is -1.69. The third-order valence-corrected chi connectivity index (χ3v) is 6.60. The molecule has 1 heterocycles. The molecule has 21 heavy (non-hydrogen) atoms. The summed E-state index contributed by atoms with van der Waals surface area (Å²) in [6.07, 6.45) is 0. The Morgan fingerprint density at radius 1 is 1.43 bits per heavy atom. The van der Waals surface area contributed by atoms with E-state index in [0.29, 0.717) is 35.7 Å². The van der Waals surface area contributed by atoms with Gasteiger partial charge in [-0.25, -0.2) is 8.42 Å². The van der Waals surface area contributed by atoms with E-state index < -0.39 is 15.6 Å². The van der Waals surface area contributed by atoms with Crippen LogP contribution in [0.5, 0.6) is 0 Å². The van der Waals surface area contributed by atoms with E-state index in [4.69, 9.17) is 4.74 Å². The van der Waals surface area contributed by atoms with Gasteiger partial charge in [-0.05, 0) is 54.5 Å². The summed E-state index contributed by atoms with van der Waals surface area (Å²) in [4.78, 5) is 0.303. The van der Waals surface area contributed by atoms with Crippen LogP contribution in [0, 0.1) is 0 Å². The molecule has 0 aromatic heterocycles. The molecule has 0 unspecified atom stereocenters. The summed E-state index contributed by atoms with van der Waals surface area (Å²) < 4.78 is 33.4. The van der Waals surface area contributed by atoms with E-state index in [1.165, 1.54) is 4.31 Å². The van der Waals surface area contributed by atoms with Crippen LogP contribution >= 0.6 is 15.9 Å². The number of ether oxygens (including phenoxy) is 1. The van der Waals surface area contributed by atoms with Gasteiger partial charge in [0.2, 0.25) is 10.0 Å². The summed E-state index contributed by atoms with van der Waals surface area (Å²) in [6.45, 7) is 5.67. The smallest absolute Gasteiger partial charge is 0.244 e. The average molecular weight is 377 g/mol. The molecule has 0 radical (unpaired) electrons. The van der Waals surface area contributed by atoms with Gasteiger partial charge in [0.15, 0.2) is 0 Å². The molecule has 1 N–H and O–H groups in total. The van der Waals surface area contributed by atoms with E-state index in [2.05, 4.69) is 21.2 Å². The lowest BCUT2D eigenvalue weighted by Crippen LogP contribution is -2.55. The monoisotopic (exact) mass is 376 g/mol. The summed E-state index contributed by atoms with van der Waals surface area (Å²) in [5.74, 6) is 0. The van der Waals surface area contributed by atoms with Gasteiger partial charge in [-0.15, -0.1) is 0 Å². The predicted octanol–water partition coefficient (Wildman–Crippen LogP) is 1.97. The van der Waals surface area contributed by atoms with Crippen LogP contribution in [0.2, 0.25) is 0 Å². The van der Waals surface area contributed by atoms with Crippen molar-refractivity contribution in [1.82, 2.24) is 9.62 Å². The van der Waals surface area contributed by atoms with Crippen LogP contribution in [0.25, 0.3) is 0 Å². The molecular weight excluding hydrogens is 356 g/mol. The fourth-order valence-corrected chi connectivity index (χ4v) is 5.32. The van der Waals surface area contributed by atoms with Crippen LogP contribution in [0.4, 0.5) is 0 Å². The largest absolute Gasteiger partial charge is 0.378 e. The molecule has 2 rings (SSSR count). The summed E-state index contributed by atoms with van der Waals surface area (Å²) in [6, 6.07) is 5.34. The minimum absolute atomic E-state index is 0.303. The van der Waals surface area contributed by atoms with Gasteiger partial charge in [0, 0.05) is 17.6 Å². The Labute approximate surface area is 134 Å². The zero-order chi connectivity index (χ0) is 15.7. The Morgan fingerprint density at radius 3 is 2.71 bits per heavy atom. The molecule has 0 amide bonds. The Morgan fingerprint density at radius 2 is 2.14 bits per heavy atom. The van der Waals surface area contributed by atoms with Crippen LogP contribution in [-0.2, 0) is 21.3 Å². The Kier molecular flexibility index (Phi) is 5.10. The molecule has 0 spiro atoms. The number of nitrogens with zero attached hydrogens (tertiary/aromatic N) is 1. The van der Waals surface area contributed by atoms with E-state index >= 15 is 0 Å². The Bertz CT molecular complexity index is 617. The number of rotatable bonds is 4. The van der Waals surface area contributed by atoms with E-state index in [-0.39, 0.29) is 0 Å². The average Bonchev–Trinajstić information content (AvgIpc) is 2.38. The third kappa shape index (κ3) is 3.48. The van der Waals surface area contributed by atoms with Gasteiger partial charge >= 0.3 is 0 Å². The predicted molar refractivity (Wildman–Crippen MR) is 85.7 cm³/mol. The lowest BCUT2D eigenvalue weighted by Gasteiger charge is -2.40. The molecule has 0 saturated carbocycles. The van der Waals surface area contributed by atoms with Crippen molar-refractivity contribution in [2.45, 2.75) is 30.8 Å². The first kappa shape index (κ1) is 16.9. The summed E-state index contributed by atoms with van der Waals surface area (Å²) in [5, 5.41) is 3.05. The fourth-order valence-electron chi connectivity index (χ4n) is 2.48. The first-order chi connectivity index (χ1) is 9.79. The molecule has 1 saturated heterocycles. The molecule has 0 atom stereocenters. The molecule has 0 aliphatic carbocycles. The molecule has 118 valence electrons. The van der Waals surface area contributed by atoms with Crippen LogP contribution < -0.4 is 5.32 Å². The standard InChI is InChI=1S/C14H21BrN2O3S/c1-14(2)10-20-7-6-17(14)21(18,19)13-5-4-11(9-16-3)8-12(13)15/h4-5,8,16H,6-7,9-10H2,1-3H3. The number of halogens is 1. The fraction of sp³-hybridized carbons (Fsp3) is 0.571. The van der Waals surface area contributed by atoms with Crippen LogP contribution in [-0.4, -0.2) is 45.1 Å². The Balaban J connectivity index is 2.39. The maximum Gasteiger partial charge on any atom is 0.244 e. The SMILES string of the molecule is CNCc1ccc(S(=O)(=O)N2CCOCC2(C)C)c(Br)c1. The number of benzene rings is 1. The molecular formula is C14H21BrN2O3S. The first-order valence-electron chi connectivity index (χ1n) is 6.82. The zero-order valence-electron chi connectivity index (χ0n) is 12.5. The van der Waals surface area contributed by atoms with Gasteiger partial charge in [0.1, 0.15) is 0 Å². The topological polar surface area (TPSA) is 58.6 Å². The molecule has 7 heteroatoms. The maximum atomic E-state index is 12.9. The molecule has 1 aromatic rings. The van der Waals surface area contributed by atoms with Gasteiger partial charge in [-0.2, -0.15) is 4.31 Å². The van der Waals surface area contributed by atoms with Crippen molar-refractivity contribution >= 4 is 26.0 Å². The number of hydrogen-bond acceptors (Lipinski definition) is 4. The molecule has 5 nitrogen and oxygen atoms in total. The zero-order valence-corrected chi connectivity index (χ0v) is 14.9. The highest BCUT2D eigenvalue weighted by Gasteiger charge is 2.40. The summed E-state index contributed by atoms with van der Waals surface area (Å²) >= 11 is 3.39. The highest BCUT2D eigenvalue weighted by atomic mass is 79.9. The molecule has 1 aliphatic rings. The van der Waals surface area contributed by atoms with E-state index in [0.717, 1.165) is 5.56 Å². The van der Waals surface area contributed by atoms with Gasteiger partial charge in [-0.3, -0.25) is 0 Å². The van der Waals surface area contributed by atoms with Gasteiger partial charge in [0.25, 0.3) is 0 Å². The number of sulfonamides is 1. The van der Waals surface area contributed by atoms with Crippen LogP contribution in [0.3, 0.4) is 0 Å². The maximum absolute atomic E-state index is 12.9. The normalized spacial score (nSPS) is 19.6. The molecule has 1 fully saturated rings. The second-order valence-electron chi connectivity index (χ2n) is 5.74. The Hall–Kier alpha value is -0.470. The van der Waals surface area contributed by atoms with Gasteiger partial charge < -0.3 is 10.1 Å². The van der Waals surface area contributed by atoms with Crippen molar-refractivity contribution in [2.24, 2.45) is 0 Å². The number of morpholine rings is 1. The highest BCUT2D eigenvalue weighted by molar-refractivity contribution is 9.10. The van der Waals surface area contributed by atoms with Crippen LogP contribution in [0.15, 0.2) is 27.6 Å². The molecule has 0 bridgehead atoms. The minimum Gasteiger partial charge on any atom is -0.378 e. The van der Waals surface area contributed by atoms with Gasteiger partial charge in [-0.1, -0.05) is 6.07 Å². The lowest BCUT2D eigenvalue weighted by molar-refractivity contribution is -0.00772. The third-order valence-electron chi connectivity index (χ3n) is 3.51. The van der Waals surface area contributed by atoms with E-state index in [1.54, 1.807) is 6.07 Å². The van der Waals surface area contributed by atoms with Gasteiger partial charge in [0.05, 0.1) is 23.6 Å². The van der Waals surface area contributed by atoms with Crippen molar-refractivity contribution in [3.8, 4) is 0 Å². The van der Waals surface area contributed by atoms with Crippen molar-refractivity contribution < 1.29 is 13.2 Å². The van der Waals surface area contributed by atoms with Crippen molar-refractivity contribution in [2.75, 3.05) is 26.8 Å². The van der Waals surface area contributed by atoms with E-state index in [9.17, 15) is 8.42 Å². The second kappa shape index (κ2) is 6.34. The molecule has 1 aromatic carbocycles. The lowest BCUT2D eigenvalue weighted by atomic mass is 10.1. The van der Waals surface area contributed by atoms with Crippen molar-refractivity contribution in [3.05, 3.63) is 28.2 Å². The number of nitrogens with one attached hydrogen (secondary N) is 1. The second-order valence-corrected chi connectivity index (χ2v) is 8.42.